The van der Waals surface area contributed by atoms with Crippen LogP contribution in [-0.4, -0.2) is 237 Å². The molecular formula is C92H112ClF10N13O10S. The predicted molar refractivity (Wildman–Crippen MR) is 459 cm³/mol. The summed E-state index contributed by atoms with van der Waals surface area (Å²) in [6.07, 6.45) is -9.39. The van der Waals surface area contributed by atoms with Crippen molar-refractivity contribution >= 4 is 51.0 Å². The molecule has 4 aromatic heterocycles. The van der Waals surface area contributed by atoms with E-state index < -0.39 is 79.7 Å². The van der Waals surface area contributed by atoms with Crippen LogP contribution in [0.4, 0.5) is 43.9 Å². The highest BCUT2D eigenvalue weighted by Crippen LogP contribution is 2.50. The van der Waals surface area contributed by atoms with Gasteiger partial charge in [-0.2, -0.15) is 39.5 Å². The highest BCUT2D eigenvalue weighted by molar-refractivity contribution is 7.89. The molecule has 3 atom stereocenters. The van der Waals surface area contributed by atoms with Crippen molar-refractivity contribution in [1.29, 1.82) is 0 Å². The van der Waals surface area contributed by atoms with Crippen LogP contribution in [0, 0.1) is 6.92 Å². The van der Waals surface area contributed by atoms with Crippen LogP contribution in [0.3, 0.4) is 0 Å². The molecule has 0 unspecified atom stereocenters. The fraction of sp³-hybridized carbons (Fsp3) is 0.511. The molecule has 8 aliphatic heterocycles. The number of ketones is 1. The monoisotopic (exact) mass is 1820 g/mol. The van der Waals surface area contributed by atoms with E-state index in [1.54, 1.807) is 154 Å². The number of carbonyl (C=O) groups excluding carboxylic acids is 5. The number of likely N-dealkylation sites (tertiary alicyclic amines) is 4. The number of hydrogen-bond donors (Lipinski definition) is 3. The number of sulfonamides is 1. The smallest absolute Gasteiger partial charge is 0.456 e. The van der Waals surface area contributed by atoms with E-state index >= 15 is 4.39 Å². The zero-order chi connectivity index (χ0) is 92.0. The fourth-order valence-electron chi connectivity index (χ4n) is 20.3. The second-order valence-corrected chi connectivity index (χ2v) is 38.3. The van der Waals surface area contributed by atoms with Gasteiger partial charge in [0.1, 0.15) is 28.5 Å². The van der Waals surface area contributed by atoms with Crippen molar-refractivity contribution in [3.05, 3.63) is 223 Å². The molecule has 127 heavy (non-hydrogen) atoms. The van der Waals surface area contributed by atoms with Gasteiger partial charge in [0.05, 0.1) is 57.6 Å². The van der Waals surface area contributed by atoms with E-state index in [4.69, 9.17) is 16.3 Å². The second kappa shape index (κ2) is 35.1. The lowest BCUT2D eigenvalue weighted by Crippen LogP contribution is -2.63. The number of ether oxygens (including phenoxy) is 1. The van der Waals surface area contributed by atoms with Crippen LogP contribution >= 0.6 is 11.6 Å². The number of nitrogens with zero attached hydrogens (tertiary/aromatic N) is 12. The van der Waals surface area contributed by atoms with E-state index in [2.05, 4.69) is 37.1 Å². The van der Waals surface area contributed by atoms with Gasteiger partial charge in [0.25, 0.3) is 29.4 Å². The van der Waals surface area contributed by atoms with Crippen molar-refractivity contribution < 1.29 is 92.7 Å². The molecular weight excluding hydrogens is 1700 g/mol. The van der Waals surface area contributed by atoms with E-state index in [1.165, 1.54) is 54.6 Å². The summed E-state index contributed by atoms with van der Waals surface area (Å²) in [5, 5.41) is 21.2. The Morgan fingerprint density at radius 2 is 0.898 bits per heavy atom. The normalized spacial score (nSPS) is 21.5. The van der Waals surface area contributed by atoms with E-state index in [9.17, 15) is 82.1 Å². The number of hydrogen-bond acceptors (Lipinski definition) is 14. The number of aromatic nitrogens is 4. The number of carbonyl (C=O) groups is 5. The minimum atomic E-state index is -4.93. The first kappa shape index (κ1) is 93.7. The number of halogens is 11. The number of aliphatic hydroxyl groups is 2. The maximum Gasteiger partial charge on any atom is 0.456 e. The number of amides is 4. The van der Waals surface area contributed by atoms with Crippen LogP contribution in [0.5, 0.6) is 5.75 Å². The predicted octanol–water partition coefficient (Wildman–Crippen LogP) is 14.5. The van der Waals surface area contributed by atoms with Crippen molar-refractivity contribution in [2.45, 2.75) is 201 Å². The molecule has 4 spiro atoms. The highest BCUT2D eigenvalue weighted by atomic mass is 35.5. The Morgan fingerprint density at radius 3 is 1.36 bits per heavy atom. The lowest BCUT2D eigenvalue weighted by molar-refractivity contribution is -0.146. The molecule has 8 aromatic rings. The summed E-state index contributed by atoms with van der Waals surface area (Å²) in [5.74, 6) is -1.71. The maximum absolute atomic E-state index is 15.8. The number of aryl methyl sites for hydroxylation is 1. The quantitative estimate of drug-likeness (QED) is 0.0809. The Kier molecular flexibility index (Phi) is 25.9. The number of Topliss-reactive ketones (excluding diaryl/α,β-unsaturated/α-hetero) is 1. The number of rotatable bonds is 11. The summed E-state index contributed by atoms with van der Waals surface area (Å²) in [6, 6.07) is 37.3. The molecule has 4 saturated heterocycles. The summed E-state index contributed by atoms with van der Waals surface area (Å²) < 4.78 is 175. The first-order valence-electron chi connectivity index (χ1n) is 42.9. The van der Waals surface area contributed by atoms with Gasteiger partial charge in [-0.05, 0) is 266 Å². The zero-order valence-electron chi connectivity index (χ0n) is 73.1. The van der Waals surface area contributed by atoms with Gasteiger partial charge in [-0.25, -0.2) is 17.5 Å². The van der Waals surface area contributed by atoms with Crippen LogP contribution < -0.4 is 9.46 Å². The Labute approximate surface area is 739 Å². The average Bonchev–Trinajstić information content (AvgIpc) is 1.40. The Morgan fingerprint density at radius 1 is 0.480 bits per heavy atom. The average molecular weight is 1820 g/mol. The highest BCUT2D eigenvalue weighted by Gasteiger charge is 2.56. The minimum Gasteiger partial charge on any atom is -0.497 e. The minimum absolute atomic E-state index is 0. The molecule has 4 aromatic carbocycles. The summed E-state index contributed by atoms with van der Waals surface area (Å²) in [6.45, 7) is 17.0. The SMILES string of the molecule is CN1CCn2c(Cl)ccc2C12CCN(C(=O)c1ccc(S(=O)(=O)NC3CC3)cc1)CC2.COc1ccc(C(=O)N2CCC3(CC2)c2ccc(C(F)(F)F)n2CCN3C)cc1.C[C@H]1Cn2c(C(=O)C(F)(F)F)ccc2C2(CCN(C(=O)c3ccc(C(C)(C)O)cc3)CC2)N1C.Cc1cc(C(=O)N2CC[C@]3(c4ccc(C(F)(F)F)n4CCN3C)[C@H](F)C2)ccc1C(C)(C)O.[HH]. The first-order valence-corrected chi connectivity index (χ1v) is 44.8. The van der Waals surface area contributed by atoms with Gasteiger partial charge < -0.3 is 52.8 Å². The van der Waals surface area contributed by atoms with Crippen molar-refractivity contribution in [3.8, 4) is 5.75 Å². The molecule has 9 aliphatic rings. The van der Waals surface area contributed by atoms with Gasteiger partial charge in [-0.1, -0.05) is 29.8 Å². The van der Waals surface area contributed by atoms with Crippen LogP contribution in [0.2, 0.25) is 5.15 Å². The Balaban J connectivity index is 0.000000146. The van der Waals surface area contributed by atoms with Crippen LogP contribution in [0.15, 0.2) is 144 Å². The number of alkyl halides is 10. The topological polar surface area (TPSA) is 227 Å². The molecule has 1 saturated carbocycles. The summed E-state index contributed by atoms with van der Waals surface area (Å²) in [7, 11) is 5.86. The van der Waals surface area contributed by atoms with Crippen molar-refractivity contribution in [2.75, 3.05) is 107 Å². The number of benzene rings is 4. The van der Waals surface area contributed by atoms with Crippen LogP contribution in [0.25, 0.3) is 0 Å². The van der Waals surface area contributed by atoms with E-state index in [1.807, 2.05) is 32.0 Å². The molecule has 0 bridgehead atoms. The fourth-order valence-corrected chi connectivity index (χ4v) is 21.8. The van der Waals surface area contributed by atoms with Gasteiger partial charge >= 0.3 is 18.5 Å². The third-order valence-electron chi connectivity index (χ3n) is 27.9. The summed E-state index contributed by atoms with van der Waals surface area (Å²) in [4.78, 5) is 79.7. The van der Waals surface area contributed by atoms with Crippen molar-refractivity contribution in [1.82, 2.24) is 62.2 Å². The molecule has 35 heteroatoms. The third kappa shape index (κ3) is 18.1. The van der Waals surface area contributed by atoms with Gasteiger partial charge in [0, 0.05) is 150 Å². The van der Waals surface area contributed by atoms with E-state index in [0.29, 0.717) is 141 Å². The van der Waals surface area contributed by atoms with E-state index in [0.717, 1.165) is 55.6 Å². The van der Waals surface area contributed by atoms with Crippen LogP contribution in [0.1, 0.15) is 197 Å². The van der Waals surface area contributed by atoms with Gasteiger partial charge in [0.15, 0.2) is 0 Å². The molecule has 1 aliphatic carbocycles. The molecule has 12 heterocycles. The van der Waals surface area contributed by atoms with Gasteiger partial charge in [-0.3, -0.25) is 43.6 Å². The number of likely N-dealkylation sites (N-methyl/N-ethyl adjacent to an activating group) is 4. The number of fused-ring (bicyclic) bond motifs is 8. The molecule has 4 amide bonds. The molecule has 3 N–H and O–H groups in total. The molecule has 23 nitrogen and oxygen atoms in total. The van der Waals surface area contributed by atoms with E-state index in [-0.39, 0.29) is 85.9 Å². The van der Waals surface area contributed by atoms with Gasteiger partial charge in [0.2, 0.25) is 10.0 Å². The molecule has 17 rings (SSSR count). The lowest BCUT2D eigenvalue weighted by atomic mass is 9.79. The first-order chi connectivity index (χ1) is 59.6. The third-order valence-corrected chi connectivity index (χ3v) is 29.8. The maximum atomic E-state index is 15.8. The van der Waals surface area contributed by atoms with Gasteiger partial charge in [-0.15, -0.1) is 0 Å². The number of methoxy groups -OCH3 is 1. The Bertz CT molecular complexity index is 5520. The van der Waals surface area contributed by atoms with Crippen molar-refractivity contribution in [3.63, 3.8) is 0 Å². The molecule has 0 radical (unpaired) electrons. The molecule has 688 valence electrons. The zero-order valence-corrected chi connectivity index (χ0v) is 74.6. The number of nitrogens with one attached hydrogen (secondary N) is 1. The lowest BCUT2D eigenvalue weighted by Gasteiger charge is -2.53. The Hall–Kier alpha value is -9.39. The molecule has 5 fully saturated rings. The van der Waals surface area contributed by atoms with Crippen LogP contribution in [-0.2, 0) is 81.9 Å². The standard InChI is InChI=1S/C25H30F3N3O3.C24H29F4N3O2.C22H27ClN4O3S.C21H24F3N3O2.H2/c1-16-15-31-19(21(32)25(26,27)28)9-10-20(31)24(29(16)4)11-13-30(14-12-24)22(33)17-5-7-18(8-6-17)23(2,3)34;1-15-13-16(5-6-17(15)22(2,3)33)21(32)30-10-9-23(18(25)14-30)19-7-8-20(24(26,27)28)31(19)12-11-29(23)4;1-25-14-15-27-19(8-9-20(27)23)22(25)10-12-26(13-11-22)21(28)16-2-6-18(7-3-16)31(29,30)24-17-4-5-17;1-25-13-14-27-17(7-8-18(27)21(22,23)24)20(25)9-11-26(12-10-20)19(28)15-3-5-16(29-2)6-4-15;/h5-10,16,34H,11-15H2,1-4H3;5-8,13,18,33H,9-12,14H2,1-4H3;2-3,6-9,17,24H,4-5,10-15H2,1H3;3-8H,9-14H2,1-2H3;1H/t16-;18-,23-;;;/m01.../s1. The largest absolute Gasteiger partial charge is 0.497 e. The number of piperidine rings is 4. The summed E-state index contributed by atoms with van der Waals surface area (Å²) in [5.41, 5.74) is 1.06. The second-order valence-electron chi connectivity index (χ2n) is 36.2. The summed E-state index contributed by atoms with van der Waals surface area (Å²) >= 11 is 6.38. The van der Waals surface area contributed by atoms with Crippen molar-refractivity contribution in [2.24, 2.45) is 0 Å².